The van der Waals surface area contributed by atoms with Gasteiger partial charge >= 0.3 is 0 Å². The first-order valence-corrected chi connectivity index (χ1v) is 9.29. The molecule has 2 aromatic carbocycles. The number of hydrogen-bond donors (Lipinski definition) is 0. The van der Waals surface area contributed by atoms with Crippen LogP contribution in [-0.2, 0) is 0 Å². The molecule has 1 aromatic heterocycles. The summed E-state index contributed by atoms with van der Waals surface area (Å²) in [7, 11) is 1.66. The minimum atomic E-state index is -0.0249. The fourth-order valence-electron chi connectivity index (χ4n) is 2.65. The number of fused-ring (bicyclic) bond motifs is 1. The molecule has 0 spiro atoms. The molecule has 6 heteroatoms. The molecule has 2 heterocycles. The number of hydrogen-bond acceptors (Lipinski definition) is 6. The molecule has 1 unspecified atom stereocenters. The van der Waals surface area contributed by atoms with Gasteiger partial charge in [0.25, 0.3) is 0 Å². The van der Waals surface area contributed by atoms with Gasteiger partial charge in [0.05, 0.1) is 12.8 Å². The monoisotopic (exact) mass is 366 g/mol. The first-order chi connectivity index (χ1) is 12.8. The molecule has 0 N–H and O–H groups in total. The second-order valence-electron chi connectivity index (χ2n) is 5.76. The van der Waals surface area contributed by atoms with Crippen LogP contribution in [0.25, 0.3) is 11.3 Å². The molecule has 1 aliphatic heterocycles. The number of benzene rings is 2. The minimum Gasteiger partial charge on any atom is -0.497 e. The first-order valence-electron chi connectivity index (χ1n) is 8.30. The fourth-order valence-corrected chi connectivity index (χ4v) is 3.44. The Balaban J connectivity index is 1.41. The highest BCUT2D eigenvalue weighted by atomic mass is 32.2. The van der Waals surface area contributed by atoms with Gasteiger partial charge in [0.2, 0.25) is 0 Å². The molecule has 132 valence electrons. The number of para-hydroxylation sites is 2. The molecule has 0 bridgehead atoms. The van der Waals surface area contributed by atoms with Crippen LogP contribution in [0.4, 0.5) is 0 Å². The summed E-state index contributed by atoms with van der Waals surface area (Å²) in [4.78, 5) is 9.00. The molecule has 4 rings (SSSR count). The van der Waals surface area contributed by atoms with Crippen molar-refractivity contribution in [1.29, 1.82) is 0 Å². The van der Waals surface area contributed by atoms with E-state index in [9.17, 15) is 0 Å². The summed E-state index contributed by atoms with van der Waals surface area (Å²) < 4.78 is 16.9. The molecule has 0 aliphatic carbocycles. The van der Waals surface area contributed by atoms with Crippen molar-refractivity contribution in [3.8, 4) is 28.5 Å². The lowest BCUT2D eigenvalue weighted by molar-refractivity contribution is 0.107. The largest absolute Gasteiger partial charge is 0.497 e. The number of nitrogens with zero attached hydrogens (tertiary/aromatic N) is 2. The molecule has 0 amide bonds. The van der Waals surface area contributed by atoms with Crippen LogP contribution < -0.4 is 14.2 Å². The van der Waals surface area contributed by atoms with Crippen LogP contribution >= 0.6 is 11.8 Å². The van der Waals surface area contributed by atoms with Gasteiger partial charge in [-0.25, -0.2) is 9.97 Å². The molecule has 0 fully saturated rings. The summed E-state index contributed by atoms with van der Waals surface area (Å²) in [5.74, 6) is 3.14. The van der Waals surface area contributed by atoms with Gasteiger partial charge in [0, 0.05) is 17.5 Å². The summed E-state index contributed by atoms with van der Waals surface area (Å²) in [5.41, 5.74) is 1.91. The van der Waals surface area contributed by atoms with Crippen LogP contribution in [-0.4, -0.2) is 35.5 Å². The van der Waals surface area contributed by atoms with Crippen molar-refractivity contribution < 1.29 is 14.2 Å². The average molecular weight is 366 g/mol. The summed E-state index contributed by atoms with van der Waals surface area (Å²) in [5, 5.41) is 0.723. The second kappa shape index (κ2) is 7.66. The highest BCUT2D eigenvalue weighted by Crippen LogP contribution is 2.32. The maximum atomic E-state index is 5.98. The van der Waals surface area contributed by atoms with Gasteiger partial charge in [-0.1, -0.05) is 23.9 Å². The number of aromatic nitrogens is 2. The van der Waals surface area contributed by atoms with E-state index in [1.54, 1.807) is 25.1 Å². The molecule has 26 heavy (non-hydrogen) atoms. The maximum Gasteiger partial charge on any atom is 0.188 e. The molecule has 3 aromatic rings. The van der Waals surface area contributed by atoms with Gasteiger partial charge in [-0.05, 0) is 42.5 Å². The Morgan fingerprint density at radius 2 is 1.88 bits per heavy atom. The highest BCUT2D eigenvalue weighted by molar-refractivity contribution is 7.99. The predicted octanol–water partition coefficient (Wildman–Crippen LogP) is 4.08. The Morgan fingerprint density at radius 1 is 1.08 bits per heavy atom. The second-order valence-corrected chi connectivity index (χ2v) is 6.75. The highest BCUT2D eigenvalue weighted by Gasteiger charge is 2.21. The average Bonchev–Trinajstić information content (AvgIpc) is 2.72. The third-order valence-electron chi connectivity index (χ3n) is 3.99. The molecule has 5 nitrogen and oxygen atoms in total. The maximum absolute atomic E-state index is 5.98. The van der Waals surface area contributed by atoms with Gasteiger partial charge in [0.15, 0.2) is 16.7 Å². The van der Waals surface area contributed by atoms with Crippen molar-refractivity contribution >= 4 is 11.8 Å². The lowest BCUT2D eigenvalue weighted by atomic mass is 10.1. The van der Waals surface area contributed by atoms with Crippen molar-refractivity contribution in [2.75, 3.05) is 19.5 Å². The van der Waals surface area contributed by atoms with E-state index in [1.165, 1.54) is 0 Å². The lowest BCUT2D eigenvalue weighted by Gasteiger charge is -2.25. The van der Waals surface area contributed by atoms with Gasteiger partial charge < -0.3 is 14.2 Å². The number of ether oxygens (including phenoxy) is 3. The normalized spacial score (nSPS) is 15.5. The molecule has 0 radical (unpaired) electrons. The zero-order valence-electron chi connectivity index (χ0n) is 14.3. The first kappa shape index (κ1) is 16.7. The van der Waals surface area contributed by atoms with Crippen molar-refractivity contribution in [3.63, 3.8) is 0 Å². The van der Waals surface area contributed by atoms with Gasteiger partial charge in [0.1, 0.15) is 18.5 Å². The van der Waals surface area contributed by atoms with Crippen LogP contribution in [0.2, 0.25) is 0 Å². The Labute approximate surface area is 156 Å². The standard InChI is InChI=1S/C20H18N2O3S/c1-23-15-8-6-14(7-9-15)17-10-11-21-20(22-17)26-13-16-12-24-18-4-2-3-5-19(18)25-16/h2-11,16H,12-13H2,1H3. The Kier molecular flexibility index (Phi) is 4.93. The lowest BCUT2D eigenvalue weighted by Crippen LogP contribution is -2.31. The van der Waals surface area contributed by atoms with E-state index >= 15 is 0 Å². The molecular formula is C20H18N2O3S. The van der Waals surface area contributed by atoms with E-state index in [4.69, 9.17) is 14.2 Å². The Morgan fingerprint density at radius 3 is 2.69 bits per heavy atom. The molecule has 0 saturated heterocycles. The third kappa shape index (κ3) is 3.75. The summed E-state index contributed by atoms with van der Waals surface area (Å²) >= 11 is 1.57. The van der Waals surface area contributed by atoms with Gasteiger partial charge in [-0.15, -0.1) is 0 Å². The van der Waals surface area contributed by atoms with Crippen molar-refractivity contribution in [1.82, 2.24) is 9.97 Å². The van der Waals surface area contributed by atoms with Crippen molar-refractivity contribution in [3.05, 3.63) is 60.8 Å². The summed E-state index contributed by atoms with van der Waals surface area (Å²) in [6.45, 7) is 0.530. The SMILES string of the molecule is COc1ccc(-c2ccnc(SCC3COc4ccccc4O3)n2)cc1. The van der Waals surface area contributed by atoms with E-state index in [1.807, 2.05) is 54.6 Å². The number of methoxy groups -OCH3 is 1. The molecule has 1 aliphatic rings. The van der Waals surface area contributed by atoms with E-state index in [-0.39, 0.29) is 6.10 Å². The zero-order chi connectivity index (χ0) is 17.8. The van der Waals surface area contributed by atoms with Crippen molar-refractivity contribution in [2.45, 2.75) is 11.3 Å². The van der Waals surface area contributed by atoms with Crippen LogP contribution in [0.1, 0.15) is 0 Å². The quantitative estimate of drug-likeness (QED) is 0.501. The smallest absolute Gasteiger partial charge is 0.188 e. The topological polar surface area (TPSA) is 53.5 Å². The summed E-state index contributed by atoms with van der Waals surface area (Å²) in [6.07, 6.45) is 1.76. The Hall–Kier alpha value is -2.73. The zero-order valence-corrected chi connectivity index (χ0v) is 15.1. The predicted molar refractivity (Wildman–Crippen MR) is 101 cm³/mol. The number of rotatable bonds is 5. The molecule has 1 atom stereocenters. The van der Waals surface area contributed by atoms with E-state index in [2.05, 4.69) is 9.97 Å². The van der Waals surface area contributed by atoms with Crippen LogP contribution in [0.5, 0.6) is 17.2 Å². The van der Waals surface area contributed by atoms with E-state index in [0.29, 0.717) is 6.61 Å². The molecular weight excluding hydrogens is 348 g/mol. The van der Waals surface area contributed by atoms with Crippen molar-refractivity contribution in [2.24, 2.45) is 0 Å². The van der Waals surface area contributed by atoms with E-state index < -0.39 is 0 Å². The number of thioether (sulfide) groups is 1. The van der Waals surface area contributed by atoms with Crippen LogP contribution in [0.15, 0.2) is 66.0 Å². The van der Waals surface area contributed by atoms with Crippen LogP contribution in [0, 0.1) is 0 Å². The van der Waals surface area contributed by atoms with E-state index in [0.717, 1.165) is 39.4 Å². The minimum absolute atomic E-state index is 0.0249. The third-order valence-corrected chi connectivity index (χ3v) is 4.98. The van der Waals surface area contributed by atoms with Crippen LogP contribution in [0.3, 0.4) is 0 Å². The fraction of sp³-hybridized carbons (Fsp3) is 0.200. The summed E-state index contributed by atoms with van der Waals surface area (Å²) in [6, 6.07) is 17.5. The van der Waals surface area contributed by atoms with Gasteiger partial charge in [-0.3, -0.25) is 0 Å². The Bertz CT molecular complexity index is 886. The molecule has 0 saturated carbocycles. The van der Waals surface area contributed by atoms with Gasteiger partial charge in [-0.2, -0.15) is 0 Å².